The monoisotopic (exact) mass is 337 g/mol. The molecule has 1 aromatic carbocycles. The molecular formula is C19H23N5O. The number of amides is 1. The molecule has 0 aliphatic carbocycles. The molecule has 6 heteroatoms. The van der Waals surface area contributed by atoms with Crippen molar-refractivity contribution in [3.8, 4) is 0 Å². The summed E-state index contributed by atoms with van der Waals surface area (Å²) >= 11 is 0. The van der Waals surface area contributed by atoms with E-state index in [0.717, 1.165) is 23.0 Å². The molecule has 0 bridgehead atoms. The Morgan fingerprint density at radius 3 is 2.60 bits per heavy atom. The lowest BCUT2D eigenvalue weighted by molar-refractivity contribution is -0.118. The average Bonchev–Trinajstić information content (AvgIpc) is 3.00. The molecule has 0 aliphatic rings. The highest BCUT2D eigenvalue weighted by atomic mass is 16.2. The molecule has 1 heterocycles. The van der Waals surface area contributed by atoms with Crippen LogP contribution < -0.4 is 21.7 Å². The van der Waals surface area contributed by atoms with Gasteiger partial charge >= 0.3 is 0 Å². The van der Waals surface area contributed by atoms with Crippen LogP contribution in [-0.2, 0) is 11.3 Å². The predicted octanol–water partition coefficient (Wildman–Crippen LogP) is 0.574. The Hall–Kier alpha value is -3.15. The summed E-state index contributed by atoms with van der Waals surface area (Å²) in [6.07, 6.45) is 7.93. The van der Waals surface area contributed by atoms with Gasteiger partial charge in [-0.25, -0.2) is 5.43 Å². The second kappa shape index (κ2) is 8.63. The number of carbonyl (C=O) groups excluding carboxylic acids is 1. The number of hydrogen-bond acceptors (Lipinski definition) is 3. The van der Waals surface area contributed by atoms with E-state index < -0.39 is 0 Å². The molecule has 130 valence electrons. The maximum Gasteiger partial charge on any atom is 0.237 e. The Balaban J connectivity index is 2.24. The fourth-order valence-corrected chi connectivity index (χ4v) is 2.40. The second-order valence-electron chi connectivity index (χ2n) is 5.51. The molecule has 0 unspecified atom stereocenters. The van der Waals surface area contributed by atoms with Gasteiger partial charge in [0.1, 0.15) is 0 Å². The number of hydrazone groups is 1. The Bertz CT molecular complexity index is 904. The number of carbonyl (C=O) groups is 1. The highest BCUT2D eigenvalue weighted by Crippen LogP contribution is 2.05. The van der Waals surface area contributed by atoms with E-state index in [1.165, 1.54) is 12.1 Å². The van der Waals surface area contributed by atoms with Crippen molar-refractivity contribution in [1.29, 1.82) is 0 Å². The van der Waals surface area contributed by atoms with Gasteiger partial charge in [0.25, 0.3) is 0 Å². The third kappa shape index (κ3) is 4.91. The van der Waals surface area contributed by atoms with E-state index in [-0.39, 0.29) is 11.7 Å². The number of nitrogens with two attached hydrogens (primary N) is 1. The van der Waals surface area contributed by atoms with Gasteiger partial charge in [0.05, 0.1) is 0 Å². The number of rotatable bonds is 5. The highest BCUT2D eigenvalue weighted by molar-refractivity contribution is 5.98. The van der Waals surface area contributed by atoms with Crippen LogP contribution in [0.4, 0.5) is 0 Å². The summed E-state index contributed by atoms with van der Waals surface area (Å²) < 4.78 is 2.17. The first kappa shape index (κ1) is 18.2. The molecule has 1 aromatic heterocycles. The van der Waals surface area contributed by atoms with Crippen LogP contribution in [0, 0.1) is 0 Å². The van der Waals surface area contributed by atoms with Crippen molar-refractivity contribution < 1.29 is 4.79 Å². The minimum absolute atomic E-state index is 0.255. The quantitative estimate of drug-likeness (QED) is 0.475. The SMILES string of the molecule is C/C=c1/ccn(Cc2ccc(C(N)=NNC(C)=O)cc2)/c1=C/C=NC. The number of nitrogens with one attached hydrogen (secondary N) is 1. The summed E-state index contributed by atoms with van der Waals surface area (Å²) in [5.74, 6) is 0.0221. The van der Waals surface area contributed by atoms with Crippen LogP contribution in [0.2, 0.25) is 0 Å². The largest absolute Gasteiger partial charge is 0.382 e. The first-order valence-corrected chi connectivity index (χ1v) is 7.98. The Morgan fingerprint density at radius 1 is 1.28 bits per heavy atom. The zero-order valence-corrected chi connectivity index (χ0v) is 14.7. The summed E-state index contributed by atoms with van der Waals surface area (Å²) in [4.78, 5) is 14.9. The van der Waals surface area contributed by atoms with Crippen LogP contribution in [0.3, 0.4) is 0 Å². The van der Waals surface area contributed by atoms with Gasteiger partial charge < -0.3 is 10.3 Å². The van der Waals surface area contributed by atoms with Crippen LogP contribution in [-0.4, -0.2) is 29.6 Å². The van der Waals surface area contributed by atoms with E-state index in [9.17, 15) is 4.79 Å². The first-order chi connectivity index (χ1) is 12.0. The maximum atomic E-state index is 10.9. The van der Waals surface area contributed by atoms with E-state index in [2.05, 4.69) is 38.4 Å². The Labute approximate surface area is 147 Å². The maximum absolute atomic E-state index is 10.9. The number of benzene rings is 1. The standard InChI is InChI=1S/C19H23N5O/c1-4-16-10-12-24(18(16)9-11-21-3)13-15-5-7-17(8-6-15)19(20)23-22-14(2)25/h4-12H,13H2,1-3H3,(H2,20,23)(H,22,25)/b16-4-,18-9+,21-11?. The third-order valence-electron chi connectivity index (χ3n) is 3.67. The molecule has 0 atom stereocenters. The molecule has 6 nitrogen and oxygen atoms in total. The van der Waals surface area contributed by atoms with Crippen molar-refractivity contribution in [3.05, 3.63) is 58.2 Å². The van der Waals surface area contributed by atoms with Gasteiger partial charge in [-0.15, -0.1) is 0 Å². The molecule has 0 saturated carbocycles. The van der Waals surface area contributed by atoms with Crippen LogP contribution in [0.25, 0.3) is 12.2 Å². The van der Waals surface area contributed by atoms with Crippen molar-refractivity contribution in [2.75, 3.05) is 7.05 Å². The smallest absolute Gasteiger partial charge is 0.237 e. The van der Waals surface area contributed by atoms with Crippen molar-refractivity contribution in [2.45, 2.75) is 20.4 Å². The summed E-state index contributed by atoms with van der Waals surface area (Å²) in [6, 6.07) is 9.87. The molecule has 25 heavy (non-hydrogen) atoms. The van der Waals surface area contributed by atoms with Gasteiger partial charge in [-0.2, -0.15) is 5.10 Å². The van der Waals surface area contributed by atoms with Crippen LogP contribution in [0.1, 0.15) is 25.0 Å². The summed E-state index contributed by atoms with van der Waals surface area (Å²) in [6.45, 7) is 4.14. The number of hydrogen-bond donors (Lipinski definition) is 2. The van der Waals surface area contributed by atoms with Gasteiger partial charge in [0.15, 0.2) is 5.84 Å². The lowest BCUT2D eigenvalue weighted by atomic mass is 10.1. The molecule has 0 fully saturated rings. The van der Waals surface area contributed by atoms with Gasteiger partial charge in [-0.3, -0.25) is 9.79 Å². The summed E-state index contributed by atoms with van der Waals surface area (Å²) in [5.41, 5.74) is 10.1. The van der Waals surface area contributed by atoms with Gasteiger partial charge in [0.2, 0.25) is 5.91 Å². The van der Waals surface area contributed by atoms with Crippen LogP contribution >= 0.6 is 0 Å². The van der Waals surface area contributed by atoms with E-state index in [0.29, 0.717) is 0 Å². The number of amidine groups is 1. The van der Waals surface area contributed by atoms with Gasteiger partial charge in [-0.05, 0) is 29.8 Å². The lowest BCUT2D eigenvalue weighted by Crippen LogP contribution is -2.29. The van der Waals surface area contributed by atoms with E-state index in [4.69, 9.17) is 5.73 Å². The number of aliphatic imine (C=N–C) groups is 1. The fourth-order valence-electron chi connectivity index (χ4n) is 2.40. The van der Waals surface area contributed by atoms with Gasteiger partial charge in [-0.1, -0.05) is 30.3 Å². The average molecular weight is 337 g/mol. The molecule has 2 rings (SSSR count). The van der Waals surface area contributed by atoms with Crippen LogP contribution in [0.5, 0.6) is 0 Å². The van der Waals surface area contributed by atoms with Crippen molar-refractivity contribution in [2.24, 2.45) is 15.8 Å². The topological polar surface area (TPSA) is 84.8 Å². The van der Waals surface area contributed by atoms with E-state index in [1.54, 1.807) is 13.3 Å². The van der Waals surface area contributed by atoms with Crippen molar-refractivity contribution in [1.82, 2.24) is 9.99 Å². The molecular weight excluding hydrogens is 314 g/mol. The zero-order valence-electron chi connectivity index (χ0n) is 14.7. The summed E-state index contributed by atoms with van der Waals surface area (Å²) in [5, 5.41) is 6.12. The molecule has 2 aromatic rings. The molecule has 0 spiro atoms. The highest BCUT2D eigenvalue weighted by Gasteiger charge is 2.02. The molecule has 0 saturated heterocycles. The van der Waals surface area contributed by atoms with Crippen LogP contribution in [0.15, 0.2) is 46.6 Å². The zero-order chi connectivity index (χ0) is 18.2. The predicted molar refractivity (Wildman–Crippen MR) is 103 cm³/mol. The molecule has 3 N–H and O–H groups in total. The van der Waals surface area contributed by atoms with Crippen molar-refractivity contribution >= 4 is 30.1 Å². The third-order valence-corrected chi connectivity index (χ3v) is 3.67. The fraction of sp³-hybridized carbons (Fsp3) is 0.211. The van der Waals surface area contributed by atoms with E-state index >= 15 is 0 Å². The van der Waals surface area contributed by atoms with E-state index in [1.807, 2.05) is 37.3 Å². The van der Waals surface area contributed by atoms with Gasteiger partial charge in [0, 0.05) is 43.8 Å². The summed E-state index contributed by atoms with van der Waals surface area (Å²) in [7, 11) is 1.75. The minimum Gasteiger partial charge on any atom is -0.382 e. The Morgan fingerprint density at radius 2 is 2.00 bits per heavy atom. The lowest BCUT2D eigenvalue weighted by Gasteiger charge is -2.06. The van der Waals surface area contributed by atoms with Crippen molar-refractivity contribution in [3.63, 3.8) is 0 Å². The normalized spacial score (nSPS) is 13.6. The second-order valence-corrected chi connectivity index (χ2v) is 5.51. The minimum atomic E-state index is -0.255. The first-order valence-electron chi connectivity index (χ1n) is 7.98. The Kier molecular flexibility index (Phi) is 6.28. The molecule has 1 amide bonds. The number of aromatic nitrogens is 1. The number of nitrogens with zero attached hydrogens (tertiary/aromatic N) is 3. The molecule has 0 aliphatic heterocycles. The molecule has 0 radical (unpaired) electrons.